The number of aromatic nitrogens is 1. The number of nitrogens with zero attached hydrogens (tertiary/aromatic N) is 3. The van der Waals surface area contributed by atoms with E-state index in [-0.39, 0.29) is 18.4 Å². The summed E-state index contributed by atoms with van der Waals surface area (Å²) in [7, 11) is 0. The Bertz CT molecular complexity index is 981. The van der Waals surface area contributed by atoms with Crippen molar-refractivity contribution in [1.82, 2.24) is 14.8 Å². The molecule has 1 saturated heterocycles. The third kappa shape index (κ3) is 3.69. The van der Waals surface area contributed by atoms with Crippen molar-refractivity contribution in [2.45, 2.75) is 40.2 Å². The zero-order valence-electron chi connectivity index (χ0n) is 17.3. The fraction of sp³-hybridized carbons (Fsp3) is 0.375. The molecule has 0 bridgehead atoms. The van der Waals surface area contributed by atoms with Crippen molar-refractivity contribution in [2.24, 2.45) is 5.92 Å². The Labute approximate surface area is 172 Å². The van der Waals surface area contributed by atoms with Gasteiger partial charge >= 0.3 is 0 Å². The molecule has 2 aliphatic heterocycles. The first kappa shape index (κ1) is 19.4. The minimum absolute atomic E-state index is 0.194. The Morgan fingerprint density at radius 1 is 1.07 bits per heavy atom. The highest BCUT2D eigenvalue weighted by atomic mass is 16.2. The van der Waals surface area contributed by atoms with Crippen molar-refractivity contribution in [1.29, 1.82) is 0 Å². The van der Waals surface area contributed by atoms with Gasteiger partial charge in [0.2, 0.25) is 0 Å². The highest BCUT2D eigenvalue weighted by molar-refractivity contribution is 6.35. The molecule has 1 aromatic heterocycles. The van der Waals surface area contributed by atoms with Crippen molar-refractivity contribution in [3.8, 4) is 0 Å². The Hall–Kier alpha value is -2.95. The van der Waals surface area contributed by atoms with Crippen molar-refractivity contribution in [2.75, 3.05) is 13.1 Å². The first-order valence-corrected chi connectivity index (χ1v) is 10.3. The number of carbonyl (C=O) groups is 2. The lowest BCUT2D eigenvalue weighted by molar-refractivity contribution is -0.138. The number of aryl methyl sites for hydroxylation is 2. The molecule has 1 atom stereocenters. The number of amides is 2. The monoisotopic (exact) mass is 389 g/mol. The normalized spacial score (nSPS) is 20.0. The van der Waals surface area contributed by atoms with Crippen LogP contribution in [-0.2, 0) is 16.1 Å². The molecule has 1 aromatic carbocycles. The van der Waals surface area contributed by atoms with Gasteiger partial charge in [-0.15, -0.1) is 0 Å². The van der Waals surface area contributed by atoms with Crippen LogP contribution in [0, 0.1) is 19.8 Å². The minimum Gasteiger partial charge on any atom is -0.366 e. The second-order valence-electron chi connectivity index (χ2n) is 8.23. The summed E-state index contributed by atoms with van der Waals surface area (Å²) in [6.07, 6.45) is 3.88. The van der Waals surface area contributed by atoms with E-state index in [1.165, 1.54) is 10.5 Å². The third-order valence-corrected chi connectivity index (χ3v) is 5.96. The van der Waals surface area contributed by atoms with E-state index in [9.17, 15) is 9.59 Å². The number of hydrogen-bond donors (Lipinski definition) is 0. The molecule has 2 amide bonds. The van der Waals surface area contributed by atoms with Crippen LogP contribution in [0.5, 0.6) is 0 Å². The van der Waals surface area contributed by atoms with E-state index in [0.29, 0.717) is 22.9 Å². The summed E-state index contributed by atoms with van der Waals surface area (Å²) in [6, 6.07) is 11.5. The zero-order valence-corrected chi connectivity index (χ0v) is 17.3. The molecule has 0 aliphatic carbocycles. The molecule has 1 fully saturated rings. The van der Waals surface area contributed by atoms with Gasteiger partial charge in [0, 0.05) is 19.3 Å². The molecule has 150 valence electrons. The Morgan fingerprint density at radius 3 is 2.59 bits per heavy atom. The maximum Gasteiger partial charge on any atom is 0.278 e. The third-order valence-electron chi connectivity index (χ3n) is 5.96. The van der Waals surface area contributed by atoms with E-state index in [1.54, 1.807) is 6.20 Å². The quantitative estimate of drug-likeness (QED) is 0.748. The van der Waals surface area contributed by atoms with Gasteiger partial charge in [-0.25, -0.2) is 0 Å². The molecule has 1 unspecified atom stereocenters. The molecule has 0 saturated carbocycles. The lowest BCUT2D eigenvalue weighted by Gasteiger charge is -2.33. The molecule has 3 heterocycles. The van der Waals surface area contributed by atoms with Crippen LogP contribution >= 0.6 is 0 Å². The van der Waals surface area contributed by atoms with Gasteiger partial charge < -0.3 is 4.90 Å². The van der Waals surface area contributed by atoms with Gasteiger partial charge in [0.05, 0.1) is 17.8 Å². The molecule has 0 N–H and O–H groups in total. The van der Waals surface area contributed by atoms with Gasteiger partial charge in [0.15, 0.2) is 0 Å². The van der Waals surface area contributed by atoms with Crippen LogP contribution in [0.4, 0.5) is 0 Å². The first-order valence-electron chi connectivity index (χ1n) is 10.3. The fourth-order valence-corrected chi connectivity index (χ4v) is 4.20. The van der Waals surface area contributed by atoms with Crippen LogP contribution in [0.25, 0.3) is 5.57 Å². The van der Waals surface area contributed by atoms with Gasteiger partial charge in [-0.05, 0) is 61.4 Å². The van der Waals surface area contributed by atoms with Gasteiger partial charge in [-0.1, -0.05) is 31.2 Å². The Balaban J connectivity index is 1.77. The van der Waals surface area contributed by atoms with Crippen LogP contribution < -0.4 is 0 Å². The molecular weight excluding hydrogens is 362 g/mol. The van der Waals surface area contributed by atoms with E-state index in [4.69, 9.17) is 0 Å². The second kappa shape index (κ2) is 7.82. The van der Waals surface area contributed by atoms with Gasteiger partial charge in [0.1, 0.15) is 5.70 Å². The molecule has 4 rings (SSSR count). The fourth-order valence-electron chi connectivity index (χ4n) is 4.20. The van der Waals surface area contributed by atoms with Crippen LogP contribution in [0.3, 0.4) is 0 Å². The molecule has 0 radical (unpaired) electrons. The summed E-state index contributed by atoms with van der Waals surface area (Å²) in [6.45, 7) is 8.10. The van der Waals surface area contributed by atoms with Gasteiger partial charge in [-0.2, -0.15) is 0 Å². The SMILES string of the molecule is Cc1ccc(C2=C(N3CCCC(C)C3)C(=O)N(Cc3ccccn3)C2=O)cc1C. The topological polar surface area (TPSA) is 53.5 Å². The number of likely N-dealkylation sites (tertiary alicyclic amines) is 1. The molecule has 2 aromatic rings. The molecule has 0 spiro atoms. The van der Waals surface area contributed by atoms with Gasteiger partial charge in [0.25, 0.3) is 11.8 Å². The predicted octanol–water partition coefficient (Wildman–Crippen LogP) is 3.71. The largest absolute Gasteiger partial charge is 0.366 e. The Morgan fingerprint density at radius 2 is 1.90 bits per heavy atom. The van der Waals surface area contributed by atoms with Gasteiger partial charge in [-0.3, -0.25) is 19.5 Å². The zero-order chi connectivity index (χ0) is 20.5. The summed E-state index contributed by atoms with van der Waals surface area (Å²) in [5.74, 6) is 0.0742. The molecule has 5 heteroatoms. The summed E-state index contributed by atoms with van der Waals surface area (Å²) >= 11 is 0. The lowest BCUT2D eigenvalue weighted by Crippen LogP contribution is -2.39. The first-order chi connectivity index (χ1) is 14.0. The summed E-state index contributed by atoms with van der Waals surface area (Å²) in [4.78, 5) is 34.7. The highest BCUT2D eigenvalue weighted by Gasteiger charge is 2.42. The van der Waals surface area contributed by atoms with Crippen molar-refractivity contribution >= 4 is 17.4 Å². The van der Waals surface area contributed by atoms with E-state index < -0.39 is 0 Å². The number of rotatable bonds is 4. The molecule has 29 heavy (non-hydrogen) atoms. The molecule has 2 aliphatic rings. The highest BCUT2D eigenvalue weighted by Crippen LogP contribution is 2.35. The Kier molecular flexibility index (Phi) is 5.22. The van der Waals surface area contributed by atoms with Crippen LogP contribution in [-0.4, -0.2) is 39.7 Å². The van der Waals surface area contributed by atoms with E-state index in [1.807, 2.05) is 43.3 Å². The van der Waals surface area contributed by atoms with E-state index in [0.717, 1.165) is 37.1 Å². The second-order valence-corrected chi connectivity index (χ2v) is 8.23. The number of benzene rings is 1. The average Bonchev–Trinajstić information content (AvgIpc) is 2.95. The van der Waals surface area contributed by atoms with Crippen LogP contribution in [0.15, 0.2) is 48.3 Å². The lowest BCUT2D eigenvalue weighted by atomic mass is 9.96. The number of carbonyl (C=O) groups excluding carboxylic acids is 2. The van der Waals surface area contributed by atoms with Crippen molar-refractivity contribution < 1.29 is 9.59 Å². The maximum atomic E-state index is 13.4. The summed E-state index contributed by atoms with van der Waals surface area (Å²) in [5, 5.41) is 0. The molecular formula is C24H27N3O2. The average molecular weight is 389 g/mol. The van der Waals surface area contributed by atoms with Crippen molar-refractivity contribution in [3.63, 3.8) is 0 Å². The van der Waals surface area contributed by atoms with Crippen LogP contribution in [0.2, 0.25) is 0 Å². The predicted molar refractivity (Wildman–Crippen MR) is 113 cm³/mol. The minimum atomic E-state index is -0.225. The number of hydrogen-bond acceptors (Lipinski definition) is 4. The summed E-state index contributed by atoms with van der Waals surface area (Å²) in [5.41, 5.74) is 4.91. The maximum absolute atomic E-state index is 13.4. The summed E-state index contributed by atoms with van der Waals surface area (Å²) < 4.78 is 0. The van der Waals surface area contributed by atoms with E-state index in [2.05, 4.69) is 23.7 Å². The number of piperidine rings is 1. The van der Waals surface area contributed by atoms with E-state index >= 15 is 0 Å². The number of imide groups is 1. The molecule has 5 nitrogen and oxygen atoms in total. The number of pyridine rings is 1. The van der Waals surface area contributed by atoms with Crippen molar-refractivity contribution in [3.05, 3.63) is 70.7 Å². The standard InChI is InChI=1S/C24H27N3O2/c1-16-7-6-12-26(14-16)22-21(19-10-9-17(2)18(3)13-19)23(28)27(24(22)29)15-20-8-4-5-11-25-20/h4-5,8-11,13,16H,6-7,12,14-15H2,1-3H3. The van der Waals surface area contributed by atoms with Crippen LogP contribution in [0.1, 0.15) is 42.1 Å². The smallest absolute Gasteiger partial charge is 0.278 e.